The van der Waals surface area contributed by atoms with E-state index in [0.717, 1.165) is 20.3 Å². The standard InChI is InChI=1S/C33H30ClIN2O6S/c1-5-41-24-12-10-22(11-13-24)29-28(32(39)42-6-2)19(3)36-33-37(29)31(38)27(44-33)17-21-15-25(35)30(26(16-21)40-4)43-18-20-8-7-9-23(34)14-20/h7-17,29H,5-6,18H2,1-4H3/b27-17-/t29-/m1/s1. The van der Waals surface area contributed by atoms with Crippen molar-refractivity contribution in [3.8, 4) is 17.2 Å². The molecule has 1 aliphatic heterocycles. The first-order valence-corrected chi connectivity index (χ1v) is 16.2. The zero-order valence-electron chi connectivity index (χ0n) is 24.6. The van der Waals surface area contributed by atoms with Gasteiger partial charge in [-0.1, -0.05) is 47.2 Å². The number of carbonyl (C=O) groups excluding carboxylic acids is 1. The van der Waals surface area contributed by atoms with Crippen LogP contribution >= 0.6 is 45.5 Å². The highest BCUT2D eigenvalue weighted by molar-refractivity contribution is 14.1. The van der Waals surface area contributed by atoms with Gasteiger partial charge in [0.15, 0.2) is 16.3 Å². The third kappa shape index (κ3) is 6.72. The number of methoxy groups -OCH3 is 1. The van der Waals surface area contributed by atoms with Crippen molar-refractivity contribution in [2.75, 3.05) is 20.3 Å². The van der Waals surface area contributed by atoms with Gasteiger partial charge in [-0.2, -0.15) is 0 Å². The molecule has 228 valence electrons. The normalized spacial score (nSPS) is 14.6. The fraction of sp³-hybridized carbons (Fsp3) is 0.242. The summed E-state index contributed by atoms with van der Waals surface area (Å²) in [4.78, 5) is 32.3. The fourth-order valence-electron chi connectivity index (χ4n) is 4.92. The van der Waals surface area contributed by atoms with Crippen LogP contribution in [0.2, 0.25) is 5.02 Å². The van der Waals surface area contributed by atoms with Crippen LogP contribution in [0, 0.1) is 3.57 Å². The number of hydrogen-bond acceptors (Lipinski definition) is 8. The van der Waals surface area contributed by atoms with Crippen molar-refractivity contribution in [3.05, 3.63) is 117 Å². The van der Waals surface area contributed by atoms with Gasteiger partial charge in [-0.25, -0.2) is 9.79 Å². The van der Waals surface area contributed by atoms with Crippen molar-refractivity contribution in [1.82, 2.24) is 4.57 Å². The Kier molecular flexibility index (Phi) is 10.1. The molecule has 0 fully saturated rings. The molecule has 11 heteroatoms. The van der Waals surface area contributed by atoms with Crippen LogP contribution < -0.4 is 29.1 Å². The minimum atomic E-state index is -0.708. The first kappa shape index (κ1) is 31.8. The molecule has 8 nitrogen and oxygen atoms in total. The van der Waals surface area contributed by atoms with Gasteiger partial charge in [-0.15, -0.1) is 0 Å². The number of esters is 1. The molecule has 0 amide bonds. The number of halogens is 2. The summed E-state index contributed by atoms with van der Waals surface area (Å²) in [7, 11) is 1.58. The van der Waals surface area contributed by atoms with Crippen molar-refractivity contribution >= 4 is 57.6 Å². The summed E-state index contributed by atoms with van der Waals surface area (Å²) in [6.45, 7) is 6.47. The second kappa shape index (κ2) is 14.0. The Morgan fingerprint density at radius 1 is 1.09 bits per heavy atom. The lowest BCUT2D eigenvalue weighted by atomic mass is 9.96. The number of benzene rings is 3. The molecule has 0 radical (unpaired) electrons. The van der Waals surface area contributed by atoms with Crippen molar-refractivity contribution in [1.29, 1.82) is 0 Å². The Morgan fingerprint density at radius 2 is 1.86 bits per heavy atom. The zero-order chi connectivity index (χ0) is 31.4. The first-order chi connectivity index (χ1) is 21.2. The van der Waals surface area contributed by atoms with Crippen LogP contribution in [0.25, 0.3) is 6.08 Å². The van der Waals surface area contributed by atoms with Gasteiger partial charge in [0.05, 0.1) is 45.7 Å². The van der Waals surface area contributed by atoms with Crippen LogP contribution in [0.1, 0.15) is 43.5 Å². The molecule has 0 aliphatic carbocycles. The highest BCUT2D eigenvalue weighted by atomic mass is 127. The number of ether oxygens (including phenoxy) is 4. The largest absolute Gasteiger partial charge is 0.494 e. The number of fused-ring (bicyclic) bond motifs is 1. The summed E-state index contributed by atoms with van der Waals surface area (Å²) in [6.07, 6.45) is 1.80. The van der Waals surface area contributed by atoms with E-state index in [-0.39, 0.29) is 12.2 Å². The van der Waals surface area contributed by atoms with E-state index >= 15 is 0 Å². The molecule has 1 atom stereocenters. The van der Waals surface area contributed by atoms with Gasteiger partial charge in [0, 0.05) is 5.02 Å². The summed E-state index contributed by atoms with van der Waals surface area (Å²) >= 11 is 9.58. The molecule has 0 unspecified atom stereocenters. The maximum Gasteiger partial charge on any atom is 0.338 e. The topological polar surface area (TPSA) is 88.4 Å². The molecule has 0 N–H and O–H groups in total. The van der Waals surface area contributed by atoms with Crippen LogP contribution in [0.3, 0.4) is 0 Å². The van der Waals surface area contributed by atoms with Crippen LogP contribution in [-0.4, -0.2) is 30.9 Å². The second-order valence-corrected chi connectivity index (χ2v) is 12.4. The molecule has 44 heavy (non-hydrogen) atoms. The Hall–Kier alpha value is -3.61. The number of thiazole rings is 1. The average Bonchev–Trinajstić information content (AvgIpc) is 3.30. The summed E-state index contributed by atoms with van der Waals surface area (Å²) in [6, 6.07) is 17.9. The molecule has 2 heterocycles. The first-order valence-electron chi connectivity index (χ1n) is 13.9. The van der Waals surface area contributed by atoms with Crippen molar-refractivity contribution < 1.29 is 23.7 Å². The molecule has 0 saturated heterocycles. The lowest BCUT2D eigenvalue weighted by Crippen LogP contribution is -2.39. The lowest BCUT2D eigenvalue weighted by molar-refractivity contribution is -0.139. The van der Waals surface area contributed by atoms with E-state index in [9.17, 15) is 9.59 Å². The molecule has 1 aliphatic rings. The number of hydrogen-bond donors (Lipinski definition) is 0. The van der Waals surface area contributed by atoms with Gasteiger partial charge in [0.1, 0.15) is 12.4 Å². The predicted molar refractivity (Wildman–Crippen MR) is 180 cm³/mol. The highest BCUT2D eigenvalue weighted by Crippen LogP contribution is 2.35. The van der Waals surface area contributed by atoms with E-state index in [0.29, 0.717) is 56.1 Å². The zero-order valence-corrected chi connectivity index (χ0v) is 28.3. The molecule has 4 aromatic rings. The Morgan fingerprint density at radius 3 is 2.55 bits per heavy atom. The average molecular weight is 745 g/mol. The number of aromatic nitrogens is 1. The predicted octanol–water partition coefficient (Wildman–Crippen LogP) is 6.04. The molecule has 0 bridgehead atoms. The van der Waals surface area contributed by atoms with E-state index in [1.807, 2.05) is 67.6 Å². The monoisotopic (exact) mass is 744 g/mol. The van der Waals surface area contributed by atoms with Crippen molar-refractivity contribution in [2.24, 2.45) is 4.99 Å². The van der Waals surface area contributed by atoms with E-state index in [1.54, 1.807) is 31.6 Å². The second-order valence-electron chi connectivity index (χ2n) is 9.76. The summed E-state index contributed by atoms with van der Waals surface area (Å²) in [5.74, 6) is 1.32. The van der Waals surface area contributed by atoms with Gasteiger partial charge in [-0.05, 0) is 103 Å². The van der Waals surface area contributed by atoms with Crippen LogP contribution in [-0.2, 0) is 16.1 Å². The SMILES string of the molecule is CCOC(=O)C1=C(C)N=c2s/c(=C\c3cc(I)c(OCc4cccc(Cl)c4)c(OC)c3)c(=O)n2[C@@H]1c1ccc(OCC)cc1. The highest BCUT2D eigenvalue weighted by Gasteiger charge is 2.33. The Bertz CT molecular complexity index is 1920. The number of carbonyl (C=O) groups is 1. The molecule has 0 saturated carbocycles. The number of rotatable bonds is 10. The van der Waals surface area contributed by atoms with Gasteiger partial charge in [0.2, 0.25) is 0 Å². The molecule has 0 spiro atoms. The molecule has 3 aromatic carbocycles. The summed E-state index contributed by atoms with van der Waals surface area (Å²) in [5.41, 5.74) is 3.00. The minimum absolute atomic E-state index is 0.204. The van der Waals surface area contributed by atoms with E-state index < -0.39 is 12.0 Å². The molecule has 1 aromatic heterocycles. The van der Waals surface area contributed by atoms with E-state index in [2.05, 4.69) is 27.6 Å². The molecular formula is C33H30ClIN2O6S. The quantitative estimate of drug-likeness (QED) is 0.145. The van der Waals surface area contributed by atoms with Crippen LogP contribution in [0.15, 0.2) is 81.7 Å². The third-order valence-electron chi connectivity index (χ3n) is 6.85. The Labute approximate surface area is 277 Å². The number of allylic oxidation sites excluding steroid dienone is 1. The third-order valence-corrected chi connectivity index (χ3v) is 8.86. The molecule has 5 rings (SSSR count). The molecular weight excluding hydrogens is 715 g/mol. The Balaban J connectivity index is 1.56. The maximum atomic E-state index is 14.0. The lowest BCUT2D eigenvalue weighted by Gasteiger charge is -2.24. The van der Waals surface area contributed by atoms with Gasteiger partial charge < -0.3 is 18.9 Å². The maximum absolute atomic E-state index is 14.0. The minimum Gasteiger partial charge on any atom is -0.494 e. The van der Waals surface area contributed by atoms with E-state index in [4.69, 9.17) is 30.5 Å². The van der Waals surface area contributed by atoms with Crippen molar-refractivity contribution in [2.45, 2.75) is 33.4 Å². The number of nitrogens with zero attached hydrogens (tertiary/aromatic N) is 2. The summed E-state index contributed by atoms with van der Waals surface area (Å²) in [5, 5.41) is 0.638. The van der Waals surface area contributed by atoms with Gasteiger partial charge >= 0.3 is 5.97 Å². The van der Waals surface area contributed by atoms with Gasteiger partial charge in [0.25, 0.3) is 5.56 Å². The smallest absolute Gasteiger partial charge is 0.338 e. The fourth-order valence-corrected chi connectivity index (χ4v) is 6.96. The van der Waals surface area contributed by atoms with Gasteiger partial charge in [-0.3, -0.25) is 9.36 Å². The van der Waals surface area contributed by atoms with E-state index in [1.165, 1.54) is 11.3 Å². The van der Waals surface area contributed by atoms with Crippen molar-refractivity contribution in [3.63, 3.8) is 0 Å². The van der Waals surface area contributed by atoms with Crippen LogP contribution in [0.4, 0.5) is 0 Å². The summed E-state index contributed by atoms with van der Waals surface area (Å²) < 4.78 is 25.6. The van der Waals surface area contributed by atoms with Crippen LogP contribution in [0.5, 0.6) is 17.2 Å².